The molecular weight excluding hydrogens is 172 g/mol. The zero-order valence-electron chi connectivity index (χ0n) is 7.53. The molecule has 0 aromatic heterocycles. The van der Waals surface area contributed by atoms with E-state index < -0.39 is 5.97 Å². The molecule has 1 atom stereocenters. The Hall–Kier alpha value is -0.870. The third-order valence-electron chi connectivity index (χ3n) is 1.76. The molecule has 4 nitrogen and oxygen atoms in total. The van der Waals surface area contributed by atoms with Crippen LogP contribution in [0.2, 0.25) is 0 Å². The Morgan fingerprint density at radius 2 is 2.46 bits per heavy atom. The van der Waals surface area contributed by atoms with E-state index in [1.165, 1.54) is 0 Å². The SMILES string of the molecule is C=CC(=O)OCOC1CCCCO1. The lowest BCUT2D eigenvalue weighted by Crippen LogP contribution is -2.23. The fourth-order valence-corrected chi connectivity index (χ4v) is 1.07. The van der Waals surface area contributed by atoms with Crippen LogP contribution in [0.1, 0.15) is 19.3 Å². The van der Waals surface area contributed by atoms with E-state index in [4.69, 9.17) is 9.47 Å². The van der Waals surface area contributed by atoms with E-state index in [9.17, 15) is 4.79 Å². The van der Waals surface area contributed by atoms with Gasteiger partial charge in [0.1, 0.15) is 0 Å². The zero-order chi connectivity index (χ0) is 9.52. The summed E-state index contributed by atoms with van der Waals surface area (Å²) in [5.41, 5.74) is 0. The highest BCUT2D eigenvalue weighted by molar-refractivity contribution is 5.81. The molecule has 4 heteroatoms. The van der Waals surface area contributed by atoms with Gasteiger partial charge in [-0.2, -0.15) is 0 Å². The summed E-state index contributed by atoms with van der Waals surface area (Å²) in [7, 11) is 0. The molecule has 0 aliphatic carbocycles. The molecule has 74 valence electrons. The van der Waals surface area contributed by atoms with E-state index in [1.54, 1.807) is 0 Å². The van der Waals surface area contributed by atoms with Gasteiger partial charge < -0.3 is 14.2 Å². The predicted molar refractivity (Wildman–Crippen MR) is 45.8 cm³/mol. The highest BCUT2D eigenvalue weighted by atomic mass is 16.8. The van der Waals surface area contributed by atoms with Crippen molar-refractivity contribution in [3.63, 3.8) is 0 Å². The Kier molecular flexibility index (Phi) is 4.49. The number of ether oxygens (including phenoxy) is 3. The van der Waals surface area contributed by atoms with Gasteiger partial charge in [-0.1, -0.05) is 6.58 Å². The van der Waals surface area contributed by atoms with Crippen LogP contribution in [0.4, 0.5) is 0 Å². The molecule has 1 fully saturated rings. The van der Waals surface area contributed by atoms with E-state index in [-0.39, 0.29) is 13.1 Å². The first-order valence-electron chi connectivity index (χ1n) is 4.35. The Bertz CT molecular complexity index is 172. The minimum Gasteiger partial charge on any atom is -0.435 e. The number of hydrogen-bond acceptors (Lipinski definition) is 4. The third-order valence-corrected chi connectivity index (χ3v) is 1.76. The highest BCUT2D eigenvalue weighted by Crippen LogP contribution is 2.13. The largest absolute Gasteiger partial charge is 0.435 e. The van der Waals surface area contributed by atoms with E-state index >= 15 is 0 Å². The van der Waals surface area contributed by atoms with Crippen LogP contribution in [-0.2, 0) is 19.0 Å². The van der Waals surface area contributed by atoms with Crippen molar-refractivity contribution in [3.05, 3.63) is 12.7 Å². The normalized spacial score (nSPS) is 22.3. The van der Waals surface area contributed by atoms with Crippen LogP contribution in [0.3, 0.4) is 0 Å². The molecule has 0 N–H and O–H groups in total. The van der Waals surface area contributed by atoms with Gasteiger partial charge in [-0.15, -0.1) is 0 Å². The third kappa shape index (κ3) is 4.05. The molecule has 0 saturated carbocycles. The summed E-state index contributed by atoms with van der Waals surface area (Å²) in [6, 6.07) is 0. The monoisotopic (exact) mass is 186 g/mol. The van der Waals surface area contributed by atoms with Gasteiger partial charge in [0, 0.05) is 12.7 Å². The minimum atomic E-state index is -0.476. The number of rotatable bonds is 4. The average molecular weight is 186 g/mol. The van der Waals surface area contributed by atoms with Crippen molar-refractivity contribution in [2.75, 3.05) is 13.4 Å². The molecule has 0 amide bonds. The molecule has 1 aliphatic heterocycles. The second-order valence-electron chi connectivity index (χ2n) is 2.75. The summed E-state index contributed by atoms with van der Waals surface area (Å²) in [4.78, 5) is 10.6. The zero-order valence-corrected chi connectivity index (χ0v) is 7.53. The van der Waals surface area contributed by atoms with Gasteiger partial charge in [0.25, 0.3) is 0 Å². The summed E-state index contributed by atoms with van der Waals surface area (Å²) < 4.78 is 15.0. The van der Waals surface area contributed by atoms with Gasteiger partial charge in [0.15, 0.2) is 13.1 Å². The van der Waals surface area contributed by atoms with Crippen LogP contribution < -0.4 is 0 Å². The van der Waals surface area contributed by atoms with Gasteiger partial charge in [0.05, 0.1) is 0 Å². The molecule has 1 heterocycles. The van der Waals surface area contributed by atoms with E-state index in [0.717, 1.165) is 31.9 Å². The lowest BCUT2D eigenvalue weighted by Gasteiger charge is -2.22. The van der Waals surface area contributed by atoms with Gasteiger partial charge in [-0.05, 0) is 19.3 Å². The maximum atomic E-state index is 10.6. The number of carbonyl (C=O) groups excluding carboxylic acids is 1. The first-order chi connectivity index (χ1) is 6.33. The van der Waals surface area contributed by atoms with Crippen molar-refractivity contribution in [2.24, 2.45) is 0 Å². The standard InChI is InChI=1S/C9H14O4/c1-2-8(10)12-7-13-9-5-3-4-6-11-9/h2,9H,1,3-7H2. The fraction of sp³-hybridized carbons (Fsp3) is 0.667. The van der Waals surface area contributed by atoms with Crippen molar-refractivity contribution < 1.29 is 19.0 Å². The van der Waals surface area contributed by atoms with Crippen LogP contribution in [0.15, 0.2) is 12.7 Å². The second kappa shape index (κ2) is 5.72. The lowest BCUT2D eigenvalue weighted by molar-refractivity contribution is -0.208. The quantitative estimate of drug-likeness (QED) is 0.376. The summed E-state index contributed by atoms with van der Waals surface area (Å²) >= 11 is 0. The molecular formula is C9H14O4. The Labute approximate surface area is 77.5 Å². The molecule has 0 aromatic rings. The molecule has 1 unspecified atom stereocenters. The second-order valence-corrected chi connectivity index (χ2v) is 2.75. The predicted octanol–water partition coefficient (Wildman–Crippen LogP) is 1.22. The van der Waals surface area contributed by atoms with E-state index in [2.05, 4.69) is 11.3 Å². The Balaban J connectivity index is 2.04. The number of esters is 1. The van der Waals surface area contributed by atoms with Crippen molar-refractivity contribution in [2.45, 2.75) is 25.6 Å². The first-order valence-corrected chi connectivity index (χ1v) is 4.35. The molecule has 1 saturated heterocycles. The topological polar surface area (TPSA) is 44.8 Å². The minimum absolute atomic E-state index is 0.0600. The maximum Gasteiger partial charge on any atom is 0.332 e. The number of carbonyl (C=O) groups is 1. The van der Waals surface area contributed by atoms with Gasteiger partial charge >= 0.3 is 5.97 Å². The van der Waals surface area contributed by atoms with Gasteiger partial charge in [-0.3, -0.25) is 0 Å². The first kappa shape index (κ1) is 10.2. The van der Waals surface area contributed by atoms with Crippen LogP contribution in [0.25, 0.3) is 0 Å². The smallest absolute Gasteiger partial charge is 0.332 e. The Morgan fingerprint density at radius 3 is 3.08 bits per heavy atom. The van der Waals surface area contributed by atoms with Crippen molar-refractivity contribution in [1.29, 1.82) is 0 Å². The Morgan fingerprint density at radius 1 is 1.62 bits per heavy atom. The molecule has 13 heavy (non-hydrogen) atoms. The average Bonchev–Trinajstić information content (AvgIpc) is 2.19. The maximum absolute atomic E-state index is 10.6. The van der Waals surface area contributed by atoms with Crippen molar-refractivity contribution in [3.8, 4) is 0 Å². The van der Waals surface area contributed by atoms with Crippen molar-refractivity contribution >= 4 is 5.97 Å². The van der Waals surface area contributed by atoms with Crippen molar-refractivity contribution in [1.82, 2.24) is 0 Å². The lowest BCUT2D eigenvalue weighted by atomic mass is 10.2. The number of hydrogen-bond donors (Lipinski definition) is 0. The van der Waals surface area contributed by atoms with Gasteiger partial charge in [0.2, 0.25) is 0 Å². The molecule has 1 aliphatic rings. The van der Waals surface area contributed by atoms with E-state index in [1.807, 2.05) is 0 Å². The molecule has 0 spiro atoms. The van der Waals surface area contributed by atoms with Gasteiger partial charge in [-0.25, -0.2) is 4.79 Å². The van der Waals surface area contributed by atoms with Crippen LogP contribution in [0, 0.1) is 0 Å². The summed E-state index contributed by atoms with van der Waals surface area (Å²) in [5.74, 6) is -0.476. The summed E-state index contributed by atoms with van der Waals surface area (Å²) in [5, 5.41) is 0. The highest BCUT2D eigenvalue weighted by Gasteiger charge is 2.13. The van der Waals surface area contributed by atoms with Crippen LogP contribution in [-0.4, -0.2) is 25.7 Å². The molecule has 1 rings (SSSR count). The summed E-state index contributed by atoms with van der Waals surface area (Å²) in [6.07, 6.45) is 3.93. The molecule has 0 radical (unpaired) electrons. The fourth-order valence-electron chi connectivity index (χ4n) is 1.07. The summed E-state index contributed by atoms with van der Waals surface area (Å²) in [6.45, 7) is 3.93. The molecule has 0 aromatic carbocycles. The van der Waals surface area contributed by atoms with E-state index in [0.29, 0.717) is 0 Å². The van der Waals surface area contributed by atoms with Crippen LogP contribution in [0.5, 0.6) is 0 Å². The van der Waals surface area contributed by atoms with Crippen LogP contribution >= 0.6 is 0 Å². The molecule has 0 bridgehead atoms.